The number of nitrogens with zero attached hydrogens (tertiary/aromatic N) is 3. The Morgan fingerprint density at radius 3 is 2.33 bits per heavy atom. The smallest absolute Gasteiger partial charge is 0.286 e. The fraction of sp³-hybridized carbons (Fsp3) is 0.368. The standard InChI is InChI=1S/C19H24N4O2S2/c1-12-14(13(2)21-18(20-12)26-5)10-11-17(24)22-15-8-6-7-9-16(15)27-19(25)23(3)4/h6-9H,10-11H2,1-5H3,(H,22,24). The minimum absolute atomic E-state index is 0.0889. The Balaban J connectivity index is 2.04. The molecule has 0 saturated heterocycles. The number of aryl methyl sites for hydroxylation is 2. The van der Waals surface area contributed by atoms with E-state index in [4.69, 9.17) is 0 Å². The molecule has 0 aliphatic carbocycles. The summed E-state index contributed by atoms with van der Waals surface area (Å²) in [7, 11) is 3.40. The van der Waals surface area contributed by atoms with Crippen LogP contribution in [0.4, 0.5) is 10.5 Å². The Bertz CT molecular complexity index is 817. The largest absolute Gasteiger partial charge is 0.339 e. The van der Waals surface area contributed by atoms with Gasteiger partial charge >= 0.3 is 0 Å². The SMILES string of the molecule is CSc1nc(C)c(CCC(=O)Nc2ccccc2SC(=O)N(C)C)c(C)n1. The average Bonchev–Trinajstić information content (AvgIpc) is 2.62. The van der Waals surface area contributed by atoms with Gasteiger partial charge in [-0.3, -0.25) is 9.59 Å². The summed E-state index contributed by atoms with van der Waals surface area (Å²) in [6, 6.07) is 7.31. The second-order valence-electron chi connectivity index (χ2n) is 6.17. The van der Waals surface area contributed by atoms with Gasteiger partial charge in [0.15, 0.2) is 5.16 Å². The quantitative estimate of drug-likeness (QED) is 0.575. The van der Waals surface area contributed by atoms with E-state index in [0.717, 1.165) is 38.8 Å². The molecule has 0 atom stereocenters. The van der Waals surface area contributed by atoms with Crippen molar-refractivity contribution in [3.63, 3.8) is 0 Å². The normalized spacial score (nSPS) is 10.6. The van der Waals surface area contributed by atoms with Crippen LogP contribution in [-0.4, -0.2) is 46.4 Å². The highest BCUT2D eigenvalue weighted by atomic mass is 32.2. The molecule has 0 saturated carbocycles. The van der Waals surface area contributed by atoms with Crippen LogP contribution >= 0.6 is 23.5 Å². The maximum absolute atomic E-state index is 12.4. The second-order valence-corrected chi connectivity index (χ2v) is 7.93. The molecule has 2 rings (SSSR count). The van der Waals surface area contributed by atoms with E-state index in [0.29, 0.717) is 18.5 Å². The van der Waals surface area contributed by atoms with Gasteiger partial charge in [0, 0.05) is 36.8 Å². The number of hydrogen-bond acceptors (Lipinski definition) is 6. The third kappa shape index (κ3) is 5.97. The van der Waals surface area contributed by atoms with E-state index < -0.39 is 0 Å². The second kappa shape index (κ2) is 9.75. The van der Waals surface area contributed by atoms with Crippen LogP contribution in [0.3, 0.4) is 0 Å². The van der Waals surface area contributed by atoms with Crippen molar-refractivity contribution in [1.29, 1.82) is 0 Å². The van der Waals surface area contributed by atoms with Crippen LogP contribution in [0.25, 0.3) is 0 Å². The molecule has 144 valence electrons. The maximum Gasteiger partial charge on any atom is 0.286 e. The van der Waals surface area contributed by atoms with Crippen LogP contribution in [0.1, 0.15) is 23.4 Å². The summed E-state index contributed by atoms with van der Waals surface area (Å²) in [5.41, 5.74) is 3.47. The highest BCUT2D eigenvalue weighted by Gasteiger charge is 2.14. The van der Waals surface area contributed by atoms with Crippen LogP contribution in [0.2, 0.25) is 0 Å². The molecule has 0 bridgehead atoms. The number of rotatable bonds is 6. The highest BCUT2D eigenvalue weighted by Crippen LogP contribution is 2.28. The summed E-state index contributed by atoms with van der Waals surface area (Å²) in [5.74, 6) is -0.104. The molecule has 0 unspecified atom stereocenters. The number of benzene rings is 1. The molecule has 6 nitrogen and oxygen atoms in total. The molecule has 1 aromatic heterocycles. The molecule has 1 heterocycles. The van der Waals surface area contributed by atoms with Gasteiger partial charge in [-0.25, -0.2) is 9.97 Å². The first-order valence-corrected chi connectivity index (χ1v) is 10.5. The van der Waals surface area contributed by atoms with Crippen LogP contribution < -0.4 is 5.32 Å². The van der Waals surface area contributed by atoms with E-state index in [-0.39, 0.29) is 11.1 Å². The molecule has 0 spiro atoms. The number of carbonyl (C=O) groups is 2. The zero-order chi connectivity index (χ0) is 20.0. The lowest BCUT2D eigenvalue weighted by atomic mass is 10.1. The number of nitrogens with one attached hydrogen (secondary N) is 1. The van der Waals surface area contributed by atoms with Gasteiger partial charge in [0.2, 0.25) is 5.91 Å². The number of hydrogen-bond donors (Lipinski definition) is 1. The number of amides is 2. The lowest BCUT2D eigenvalue weighted by Crippen LogP contribution is -2.17. The number of anilines is 1. The van der Waals surface area contributed by atoms with E-state index >= 15 is 0 Å². The van der Waals surface area contributed by atoms with Gasteiger partial charge in [-0.15, -0.1) is 0 Å². The Morgan fingerprint density at radius 2 is 1.74 bits per heavy atom. The molecule has 2 aromatic rings. The molecule has 0 radical (unpaired) electrons. The third-order valence-electron chi connectivity index (χ3n) is 3.91. The van der Waals surface area contributed by atoms with Crippen molar-refractivity contribution in [2.45, 2.75) is 36.7 Å². The zero-order valence-electron chi connectivity index (χ0n) is 16.2. The molecule has 8 heteroatoms. The fourth-order valence-corrected chi connectivity index (χ4v) is 3.66. The van der Waals surface area contributed by atoms with Gasteiger partial charge in [-0.1, -0.05) is 23.9 Å². The van der Waals surface area contributed by atoms with Crippen molar-refractivity contribution in [2.75, 3.05) is 25.7 Å². The van der Waals surface area contributed by atoms with Crippen molar-refractivity contribution in [3.8, 4) is 0 Å². The lowest BCUT2D eigenvalue weighted by molar-refractivity contribution is -0.116. The van der Waals surface area contributed by atoms with Gasteiger partial charge < -0.3 is 10.2 Å². The maximum atomic E-state index is 12.4. The molecular formula is C19H24N4O2S2. The fourth-order valence-electron chi connectivity index (χ4n) is 2.46. The molecule has 27 heavy (non-hydrogen) atoms. The molecular weight excluding hydrogens is 380 g/mol. The predicted octanol–water partition coefficient (Wildman–Crippen LogP) is 4.16. The first kappa shape index (κ1) is 21.2. The first-order chi connectivity index (χ1) is 12.8. The summed E-state index contributed by atoms with van der Waals surface area (Å²) in [6.45, 7) is 3.89. The van der Waals surface area contributed by atoms with Gasteiger partial charge in [0.1, 0.15) is 0 Å². The van der Waals surface area contributed by atoms with E-state index in [1.165, 1.54) is 16.7 Å². The third-order valence-corrected chi connectivity index (χ3v) is 5.57. The zero-order valence-corrected chi connectivity index (χ0v) is 17.8. The Morgan fingerprint density at radius 1 is 1.11 bits per heavy atom. The number of carbonyl (C=O) groups excluding carboxylic acids is 2. The van der Waals surface area contributed by atoms with Crippen LogP contribution in [0.5, 0.6) is 0 Å². The Kier molecular flexibility index (Phi) is 7.67. The van der Waals surface area contributed by atoms with Crippen molar-refractivity contribution in [2.24, 2.45) is 0 Å². The van der Waals surface area contributed by atoms with Gasteiger partial charge in [0.25, 0.3) is 5.24 Å². The summed E-state index contributed by atoms with van der Waals surface area (Å²) in [6.07, 6.45) is 2.84. The van der Waals surface area contributed by atoms with Crippen molar-refractivity contribution >= 4 is 40.4 Å². The Hall–Kier alpha value is -2.06. The molecule has 1 N–H and O–H groups in total. The molecule has 1 aromatic carbocycles. The van der Waals surface area contributed by atoms with E-state index in [2.05, 4.69) is 15.3 Å². The minimum Gasteiger partial charge on any atom is -0.339 e. The molecule has 0 aliphatic rings. The van der Waals surface area contributed by atoms with Crippen LogP contribution in [0, 0.1) is 13.8 Å². The minimum atomic E-state index is -0.104. The molecule has 2 amide bonds. The first-order valence-electron chi connectivity index (χ1n) is 8.48. The summed E-state index contributed by atoms with van der Waals surface area (Å²) < 4.78 is 0. The van der Waals surface area contributed by atoms with Crippen LogP contribution in [0.15, 0.2) is 34.3 Å². The summed E-state index contributed by atoms with van der Waals surface area (Å²) in [4.78, 5) is 35.5. The number of thioether (sulfide) groups is 2. The predicted molar refractivity (Wildman–Crippen MR) is 112 cm³/mol. The monoisotopic (exact) mass is 404 g/mol. The van der Waals surface area contributed by atoms with E-state index in [9.17, 15) is 9.59 Å². The Labute approximate surface area is 168 Å². The van der Waals surface area contributed by atoms with Gasteiger partial charge in [-0.05, 0) is 56.0 Å². The topological polar surface area (TPSA) is 75.2 Å². The van der Waals surface area contributed by atoms with Crippen molar-refractivity contribution in [1.82, 2.24) is 14.9 Å². The van der Waals surface area contributed by atoms with Crippen LogP contribution in [-0.2, 0) is 11.2 Å². The molecule has 0 fully saturated rings. The average molecular weight is 405 g/mol. The number of para-hydroxylation sites is 1. The highest BCUT2D eigenvalue weighted by molar-refractivity contribution is 8.13. The number of aromatic nitrogens is 2. The summed E-state index contributed by atoms with van der Waals surface area (Å²) >= 11 is 2.60. The van der Waals surface area contributed by atoms with Gasteiger partial charge in [-0.2, -0.15) is 0 Å². The molecule has 0 aliphatic heterocycles. The van der Waals surface area contributed by atoms with Crippen molar-refractivity contribution in [3.05, 3.63) is 41.2 Å². The van der Waals surface area contributed by atoms with E-state index in [1.807, 2.05) is 38.3 Å². The van der Waals surface area contributed by atoms with Gasteiger partial charge in [0.05, 0.1) is 5.69 Å². The summed E-state index contributed by atoms with van der Waals surface area (Å²) in [5, 5.41) is 3.57. The van der Waals surface area contributed by atoms with Crippen molar-refractivity contribution < 1.29 is 9.59 Å². The van der Waals surface area contributed by atoms with E-state index in [1.54, 1.807) is 20.2 Å². The lowest BCUT2D eigenvalue weighted by Gasteiger charge is -2.13.